The highest BCUT2D eigenvalue weighted by atomic mass is 16.6. The SMILES string of the molecule is NC(CCC(=O)OCC(=O)O)C(=O)OCC(=O)O. The maximum atomic E-state index is 11.1. The molecule has 4 N–H and O–H groups in total. The number of nitrogens with two attached hydrogens (primary N) is 1. The van der Waals surface area contributed by atoms with Gasteiger partial charge in [0.1, 0.15) is 6.04 Å². The summed E-state index contributed by atoms with van der Waals surface area (Å²) in [6.07, 6.45) is -0.395. The van der Waals surface area contributed by atoms with Crippen molar-refractivity contribution in [2.45, 2.75) is 18.9 Å². The maximum Gasteiger partial charge on any atom is 0.341 e. The molecule has 0 fully saturated rings. The van der Waals surface area contributed by atoms with Crippen LogP contribution in [0.15, 0.2) is 0 Å². The maximum absolute atomic E-state index is 11.1. The summed E-state index contributed by atoms with van der Waals surface area (Å²) in [6.45, 7) is -1.58. The van der Waals surface area contributed by atoms with Gasteiger partial charge in [-0.05, 0) is 6.42 Å². The second-order valence-corrected chi connectivity index (χ2v) is 3.20. The Morgan fingerprint density at radius 3 is 2.00 bits per heavy atom. The Morgan fingerprint density at radius 1 is 1.00 bits per heavy atom. The molecule has 0 aromatic heterocycles. The van der Waals surface area contributed by atoms with Crippen LogP contribution in [0.2, 0.25) is 0 Å². The molecule has 0 saturated heterocycles. The first-order valence-electron chi connectivity index (χ1n) is 4.84. The molecular weight excluding hydrogens is 250 g/mol. The molecule has 0 aliphatic heterocycles. The van der Waals surface area contributed by atoms with Gasteiger partial charge in [0.2, 0.25) is 0 Å². The largest absolute Gasteiger partial charge is 0.479 e. The van der Waals surface area contributed by atoms with Crippen LogP contribution in [0, 0.1) is 0 Å². The standard InChI is InChI=1S/C9H13NO8/c10-5(9(16)18-4-7(13)14)1-2-8(15)17-3-6(11)12/h5H,1-4,10H2,(H,11,12)(H,13,14). The number of ether oxygens (including phenoxy) is 2. The van der Waals surface area contributed by atoms with Crippen molar-refractivity contribution in [2.75, 3.05) is 13.2 Å². The molecule has 18 heavy (non-hydrogen) atoms. The third kappa shape index (κ3) is 8.05. The quantitative estimate of drug-likeness (QED) is 0.437. The Balaban J connectivity index is 3.84. The Kier molecular flexibility index (Phi) is 7.05. The number of hydrogen-bond acceptors (Lipinski definition) is 7. The van der Waals surface area contributed by atoms with Gasteiger partial charge in [-0.2, -0.15) is 0 Å². The van der Waals surface area contributed by atoms with Gasteiger partial charge in [-0.25, -0.2) is 9.59 Å². The molecule has 0 spiro atoms. The van der Waals surface area contributed by atoms with Crippen molar-refractivity contribution in [3.63, 3.8) is 0 Å². The summed E-state index contributed by atoms with van der Waals surface area (Å²) >= 11 is 0. The van der Waals surface area contributed by atoms with Crippen molar-refractivity contribution in [3.8, 4) is 0 Å². The van der Waals surface area contributed by atoms with Crippen molar-refractivity contribution in [2.24, 2.45) is 5.73 Å². The van der Waals surface area contributed by atoms with Gasteiger partial charge in [0.05, 0.1) is 0 Å². The minimum atomic E-state index is -1.32. The average molecular weight is 263 g/mol. The zero-order valence-corrected chi connectivity index (χ0v) is 9.33. The van der Waals surface area contributed by atoms with Gasteiger partial charge >= 0.3 is 23.9 Å². The van der Waals surface area contributed by atoms with E-state index in [4.69, 9.17) is 15.9 Å². The highest BCUT2D eigenvalue weighted by molar-refractivity contribution is 5.80. The first-order chi connectivity index (χ1) is 8.32. The summed E-state index contributed by atoms with van der Waals surface area (Å²) in [5.41, 5.74) is 5.32. The van der Waals surface area contributed by atoms with E-state index in [9.17, 15) is 19.2 Å². The van der Waals surface area contributed by atoms with Gasteiger partial charge in [-0.3, -0.25) is 9.59 Å². The fraction of sp³-hybridized carbons (Fsp3) is 0.556. The van der Waals surface area contributed by atoms with Gasteiger partial charge in [-0.15, -0.1) is 0 Å². The summed E-state index contributed by atoms with van der Waals surface area (Å²) in [4.78, 5) is 42.2. The second-order valence-electron chi connectivity index (χ2n) is 3.20. The number of esters is 2. The van der Waals surface area contributed by atoms with Crippen molar-refractivity contribution >= 4 is 23.9 Å². The molecule has 0 rings (SSSR count). The van der Waals surface area contributed by atoms with Crippen LogP contribution in [0.5, 0.6) is 0 Å². The average Bonchev–Trinajstić information content (AvgIpc) is 2.30. The molecule has 0 radical (unpaired) electrons. The van der Waals surface area contributed by atoms with E-state index in [0.717, 1.165) is 0 Å². The van der Waals surface area contributed by atoms with E-state index < -0.39 is 43.1 Å². The predicted octanol–water partition coefficient (Wildman–Crippen LogP) is -1.65. The van der Waals surface area contributed by atoms with E-state index >= 15 is 0 Å². The van der Waals surface area contributed by atoms with Crippen molar-refractivity contribution in [1.29, 1.82) is 0 Å². The number of carbonyl (C=O) groups is 4. The van der Waals surface area contributed by atoms with Crippen molar-refractivity contribution in [3.05, 3.63) is 0 Å². The predicted molar refractivity (Wildman–Crippen MR) is 54.4 cm³/mol. The van der Waals surface area contributed by atoms with Crippen molar-refractivity contribution < 1.29 is 38.9 Å². The van der Waals surface area contributed by atoms with Crippen LogP contribution in [0.4, 0.5) is 0 Å². The van der Waals surface area contributed by atoms with E-state index in [1.165, 1.54) is 0 Å². The van der Waals surface area contributed by atoms with Gasteiger partial charge in [-0.1, -0.05) is 0 Å². The lowest BCUT2D eigenvalue weighted by molar-refractivity contribution is -0.157. The third-order valence-electron chi connectivity index (χ3n) is 1.66. The number of hydrogen-bond donors (Lipinski definition) is 3. The number of carboxylic acid groups (broad SMARTS) is 2. The zero-order chi connectivity index (χ0) is 14.1. The topological polar surface area (TPSA) is 153 Å². The van der Waals surface area contributed by atoms with Crippen molar-refractivity contribution in [1.82, 2.24) is 0 Å². The second kappa shape index (κ2) is 8.01. The van der Waals surface area contributed by atoms with Crippen LogP contribution < -0.4 is 5.73 Å². The molecule has 1 atom stereocenters. The molecule has 0 aromatic carbocycles. The van der Waals surface area contributed by atoms with Gasteiger partial charge < -0.3 is 25.4 Å². The molecule has 102 valence electrons. The van der Waals surface area contributed by atoms with E-state index in [-0.39, 0.29) is 12.8 Å². The van der Waals surface area contributed by atoms with Crippen LogP contribution >= 0.6 is 0 Å². The number of carbonyl (C=O) groups excluding carboxylic acids is 2. The molecular formula is C9H13NO8. The van der Waals surface area contributed by atoms with Crippen LogP contribution in [0.1, 0.15) is 12.8 Å². The zero-order valence-electron chi connectivity index (χ0n) is 9.33. The van der Waals surface area contributed by atoms with Crippen LogP contribution in [0.3, 0.4) is 0 Å². The van der Waals surface area contributed by atoms with E-state index in [2.05, 4.69) is 9.47 Å². The molecule has 0 aliphatic carbocycles. The van der Waals surface area contributed by atoms with Gasteiger partial charge in [0.15, 0.2) is 13.2 Å². The molecule has 0 saturated carbocycles. The summed E-state index contributed by atoms with van der Waals surface area (Å²) in [5, 5.41) is 16.5. The minimum absolute atomic E-state index is 0.128. The Bertz CT molecular complexity index is 339. The summed E-state index contributed by atoms with van der Waals surface area (Å²) < 4.78 is 8.58. The monoisotopic (exact) mass is 263 g/mol. The number of aliphatic carboxylic acids is 2. The minimum Gasteiger partial charge on any atom is -0.479 e. The lowest BCUT2D eigenvalue weighted by Gasteiger charge is -2.09. The lowest BCUT2D eigenvalue weighted by atomic mass is 10.2. The first kappa shape index (κ1) is 15.8. The van der Waals surface area contributed by atoms with Crippen LogP contribution in [-0.2, 0) is 28.7 Å². The van der Waals surface area contributed by atoms with E-state index in [1.54, 1.807) is 0 Å². The van der Waals surface area contributed by atoms with E-state index in [0.29, 0.717) is 0 Å². The first-order valence-corrected chi connectivity index (χ1v) is 4.84. The fourth-order valence-electron chi connectivity index (χ4n) is 0.846. The molecule has 0 bridgehead atoms. The molecule has 1 unspecified atom stereocenters. The molecule has 9 nitrogen and oxygen atoms in total. The lowest BCUT2D eigenvalue weighted by Crippen LogP contribution is -2.34. The number of rotatable bonds is 8. The molecule has 0 aliphatic rings. The fourth-order valence-corrected chi connectivity index (χ4v) is 0.846. The van der Waals surface area contributed by atoms with Crippen LogP contribution in [-0.4, -0.2) is 53.3 Å². The molecule has 9 heteroatoms. The normalized spacial score (nSPS) is 11.4. The molecule has 0 amide bonds. The molecule has 0 heterocycles. The highest BCUT2D eigenvalue weighted by Crippen LogP contribution is 1.99. The Hall–Kier alpha value is -2.16. The molecule has 0 aromatic rings. The smallest absolute Gasteiger partial charge is 0.341 e. The van der Waals surface area contributed by atoms with Gasteiger partial charge in [0, 0.05) is 6.42 Å². The van der Waals surface area contributed by atoms with Crippen LogP contribution in [0.25, 0.3) is 0 Å². The summed E-state index contributed by atoms with van der Waals surface area (Å²) in [5.74, 6) is -4.40. The summed E-state index contributed by atoms with van der Waals surface area (Å²) in [7, 11) is 0. The van der Waals surface area contributed by atoms with E-state index in [1.807, 2.05) is 0 Å². The number of carboxylic acids is 2. The Labute approximate surface area is 101 Å². The van der Waals surface area contributed by atoms with Gasteiger partial charge in [0.25, 0.3) is 0 Å². The Morgan fingerprint density at radius 2 is 1.50 bits per heavy atom. The third-order valence-corrected chi connectivity index (χ3v) is 1.66. The summed E-state index contributed by atoms with van der Waals surface area (Å²) in [6, 6.07) is -1.17. The highest BCUT2D eigenvalue weighted by Gasteiger charge is 2.18.